The predicted octanol–water partition coefficient (Wildman–Crippen LogP) is 2.98. The summed E-state index contributed by atoms with van der Waals surface area (Å²) in [4.78, 5) is 28.8. The number of amides is 1. The van der Waals surface area contributed by atoms with Crippen LogP contribution < -0.4 is 5.32 Å². The fourth-order valence-electron chi connectivity index (χ4n) is 1.78. The van der Waals surface area contributed by atoms with Crippen LogP contribution in [0.1, 0.15) is 16.1 Å². The molecule has 0 spiro atoms. The lowest BCUT2D eigenvalue weighted by atomic mass is 10.2. The molecule has 1 N–H and O–H groups in total. The topological polar surface area (TPSA) is 80.7 Å². The van der Waals surface area contributed by atoms with Crippen LogP contribution in [0, 0.1) is 6.92 Å². The van der Waals surface area contributed by atoms with Crippen molar-refractivity contribution in [2.24, 2.45) is 0 Å². The fourth-order valence-corrected chi connectivity index (χ4v) is 2.52. The van der Waals surface area contributed by atoms with Crippen molar-refractivity contribution < 1.29 is 4.79 Å². The summed E-state index contributed by atoms with van der Waals surface area (Å²) in [6.45, 7) is 1.91. The van der Waals surface area contributed by atoms with Crippen LogP contribution in [-0.2, 0) is 0 Å². The molecule has 0 saturated carbocycles. The molecule has 0 atom stereocenters. The number of anilines is 1. The Bertz CT molecular complexity index is 808. The van der Waals surface area contributed by atoms with Crippen molar-refractivity contribution >= 4 is 23.4 Å². The van der Waals surface area contributed by atoms with Gasteiger partial charge < -0.3 is 5.32 Å². The molecule has 0 aliphatic carbocycles. The lowest BCUT2D eigenvalue weighted by Crippen LogP contribution is -2.12. The van der Waals surface area contributed by atoms with E-state index < -0.39 is 0 Å². The molecular formula is C16H13N5OS. The molecule has 1 amide bonds. The maximum atomic E-state index is 12.1. The summed E-state index contributed by atoms with van der Waals surface area (Å²) in [5, 5.41) is 4.12. The van der Waals surface area contributed by atoms with Gasteiger partial charge in [-0.3, -0.25) is 9.78 Å². The summed E-state index contributed by atoms with van der Waals surface area (Å²) in [6, 6.07) is 8.86. The van der Waals surface area contributed by atoms with E-state index in [4.69, 9.17) is 0 Å². The van der Waals surface area contributed by atoms with Gasteiger partial charge in [-0.2, -0.15) is 0 Å². The van der Waals surface area contributed by atoms with Crippen LogP contribution in [0.3, 0.4) is 0 Å². The van der Waals surface area contributed by atoms with Gasteiger partial charge in [-0.15, -0.1) is 0 Å². The van der Waals surface area contributed by atoms with Gasteiger partial charge in [0.1, 0.15) is 5.03 Å². The zero-order chi connectivity index (χ0) is 16.1. The second kappa shape index (κ2) is 6.97. The SMILES string of the molecule is Cc1ccnc(Sc2ccc(C(=O)Nc3cccnc3)cn2)n1. The first-order valence-electron chi connectivity index (χ1n) is 6.85. The van der Waals surface area contributed by atoms with E-state index in [2.05, 4.69) is 25.3 Å². The zero-order valence-electron chi connectivity index (χ0n) is 12.3. The lowest BCUT2D eigenvalue weighted by molar-refractivity contribution is 0.102. The Kier molecular flexibility index (Phi) is 4.58. The largest absolute Gasteiger partial charge is 0.321 e. The number of nitrogens with one attached hydrogen (secondary N) is 1. The second-order valence-corrected chi connectivity index (χ2v) is 5.65. The molecule has 6 nitrogen and oxygen atoms in total. The number of hydrogen-bond acceptors (Lipinski definition) is 6. The van der Waals surface area contributed by atoms with Gasteiger partial charge in [0.2, 0.25) is 0 Å². The Balaban J connectivity index is 1.68. The third-order valence-corrected chi connectivity index (χ3v) is 3.72. The normalized spacial score (nSPS) is 10.3. The van der Waals surface area contributed by atoms with Crippen LogP contribution in [0.2, 0.25) is 0 Å². The Morgan fingerprint density at radius 2 is 2.00 bits per heavy atom. The minimum absolute atomic E-state index is 0.228. The maximum Gasteiger partial charge on any atom is 0.257 e. The molecule has 114 valence electrons. The Hall–Kier alpha value is -2.80. The highest BCUT2D eigenvalue weighted by Gasteiger charge is 2.08. The molecule has 23 heavy (non-hydrogen) atoms. The number of hydrogen-bond donors (Lipinski definition) is 1. The van der Waals surface area contributed by atoms with Crippen molar-refractivity contribution in [3.8, 4) is 0 Å². The molecule has 0 radical (unpaired) electrons. The van der Waals surface area contributed by atoms with Crippen LogP contribution in [0.4, 0.5) is 5.69 Å². The molecule has 3 heterocycles. The molecule has 3 aromatic heterocycles. The molecule has 0 unspecified atom stereocenters. The summed E-state index contributed by atoms with van der Waals surface area (Å²) in [6.07, 6.45) is 6.48. The van der Waals surface area contributed by atoms with Crippen LogP contribution >= 0.6 is 11.8 Å². The van der Waals surface area contributed by atoms with Crippen molar-refractivity contribution in [1.82, 2.24) is 19.9 Å². The van der Waals surface area contributed by atoms with E-state index >= 15 is 0 Å². The minimum atomic E-state index is -0.228. The molecule has 0 bridgehead atoms. The van der Waals surface area contributed by atoms with Crippen molar-refractivity contribution in [3.05, 3.63) is 66.4 Å². The van der Waals surface area contributed by atoms with E-state index in [1.54, 1.807) is 42.9 Å². The van der Waals surface area contributed by atoms with Gasteiger partial charge in [0.05, 0.1) is 17.4 Å². The summed E-state index contributed by atoms with van der Waals surface area (Å²) in [5.41, 5.74) is 2.02. The van der Waals surface area contributed by atoms with E-state index in [-0.39, 0.29) is 5.91 Å². The number of carbonyl (C=O) groups excluding carboxylic acids is 1. The standard InChI is InChI=1S/C16H13N5OS/c1-11-6-8-18-16(20-11)23-14-5-4-12(9-19-14)15(22)21-13-3-2-7-17-10-13/h2-10H,1H3,(H,21,22). The van der Waals surface area contributed by atoms with Crippen LogP contribution in [0.5, 0.6) is 0 Å². The second-order valence-electron chi connectivity index (χ2n) is 4.66. The van der Waals surface area contributed by atoms with E-state index in [1.807, 2.05) is 13.0 Å². The molecule has 3 aromatic rings. The highest BCUT2D eigenvalue weighted by atomic mass is 32.2. The Morgan fingerprint density at radius 3 is 2.70 bits per heavy atom. The zero-order valence-corrected chi connectivity index (χ0v) is 13.1. The Morgan fingerprint density at radius 1 is 1.09 bits per heavy atom. The van der Waals surface area contributed by atoms with Crippen LogP contribution in [-0.4, -0.2) is 25.8 Å². The fraction of sp³-hybridized carbons (Fsp3) is 0.0625. The van der Waals surface area contributed by atoms with E-state index in [1.165, 1.54) is 18.0 Å². The van der Waals surface area contributed by atoms with Crippen molar-refractivity contribution in [2.75, 3.05) is 5.32 Å². The molecular weight excluding hydrogens is 310 g/mol. The Labute approximate surface area is 137 Å². The van der Waals surface area contributed by atoms with E-state index in [0.29, 0.717) is 16.4 Å². The average Bonchev–Trinajstić information content (AvgIpc) is 2.56. The first-order chi connectivity index (χ1) is 11.2. The first kappa shape index (κ1) is 15.1. The first-order valence-corrected chi connectivity index (χ1v) is 7.67. The molecule has 3 rings (SSSR count). The van der Waals surface area contributed by atoms with Crippen LogP contribution in [0.25, 0.3) is 0 Å². The van der Waals surface area contributed by atoms with Crippen molar-refractivity contribution in [3.63, 3.8) is 0 Å². The third-order valence-electron chi connectivity index (χ3n) is 2.89. The predicted molar refractivity (Wildman–Crippen MR) is 87.3 cm³/mol. The smallest absolute Gasteiger partial charge is 0.257 e. The molecule has 0 aliphatic rings. The lowest BCUT2D eigenvalue weighted by Gasteiger charge is -2.05. The quantitative estimate of drug-likeness (QED) is 0.743. The summed E-state index contributed by atoms with van der Waals surface area (Å²) in [7, 11) is 0. The highest BCUT2D eigenvalue weighted by molar-refractivity contribution is 7.99. The maximum absolute atomic E-state index is 12.1. The van der Waals surface area contributed by atoms with E-state index in [0.717, 1.165) is 10.7 Å². The third kappa shape index (κ3) is 4.10. The summed E-state index contributed by atoms with van der Waals surface area (Å²) < 4.78 is 0. The number of aryl methyl sites for hydroxylation is 1. The average molecular weight is 323 g/mol. The summed E-state index contributed by atoms with van der Waals surface area (Å²) in [5.74, 6) is -0.228. The molecule has 0 saturated heterocycles. The van der Waals surface area contributed by atoms with Gasteiger partial charge in [0.15, 0.2) is 5.16 Å². The minimum Gasteiger partial charge on any atom is -0.321 e. The molecule has 0 fully saturated rings. The summed E-state index contributed by atoms with van der Waals surface area (Å²) >= 11 is 1.35. The highest BCUT2D eigenvalue weighted by Crippen LogP contribution is 2.22. The van der Waals surface area contributed by atoms with Gasteiger partial charge in [-0.05, 0) is 49.0 Å². The number of carbonyl (C=O) groups is 1. The van der Waals surface area contributed by atoms with Gasteiger partial charge in [-0.1, -0.05) is 0 Å². The number of aromatic nitrogens is 4. The van der Waals surface area contributed by atoms with Crippen molar-refractivity contribution in [1.29, 1.82) is 0 Å². The van der Waals surface area contributed by atoms with Crippen LogP contribution in [0.15, 0.2) is 65.3 Å². The van der Waals surface area contributed by atoms with Crippen molar-refractivity contribution in [2.45, 2.75) is 17.1 Å². The number of pyridine rings is 2. The van der Waals surface area contributed by atoms with E-state index in [9.17, 15) is 4.79 Å². The number of rotatable bonds is 4. The van der Waals surface area contributed by atoms with Gasteiger partial charge in [0, 0.05) is 24.3 Å². The molecule has 0 aliphatic heterocycles. The molecule has 7 heteroatoms. The monoisotopic (exact) mass is 323 g/mol. The van der Waals surface area contributed by atoms with Gasteiger partial charge in [0.25, 0.3) is 5.91 Å². The van der Waals surface area contributed by atoms with Gasteiger partial charge >= 0.3 is 0 Å². The van der Waals surface area contributed by atoms with Gasteiger partial charge in [-0.25, -0.2) is 15.0 Å². The molecule has 0 aromatic carbocycles. The number of nitrogens with zero attached hydrogens (tertiary/aromatic N) is 4.